The van der Waals surface area contributed by atoms with Crippen LogP contribution in [0, 0.1) is 5.82 Å². The number of fused-ring (bicyclic) bond motifs is 1. The topological polar surface area (TPSA) is 100 Å². The van der Waals surface area contributed by atoms with Crippen LogP contribution in [-0.2, 0) is 21.2 Å². The second-order valence-electron chi connectivity index (χ2n) is 7.50. The summed E-state index contributed by atoms with van der Waals surface area (Å²) in [5.74, 6) is 1.18. The van der Waals surface area contributed by atoms with Gasteiger partial charge in [-0.3, -0.25) is 0 Å². The van der Waals surface area contributed by atoms with E-state index in [1.54, 1.807) is 42.5 Å². The summed E-state index contributed by atoms with van der Waals surface area (Å²) >= 11 is 0. The Morgan fingerprint density at radius 2 is 1.71 bits per heavy atom. The molecule has 1 aliphatic heterocycles. The zero-order valence-corrected chi connectivity index (χ0v) is 19.2. The maximum atomic E-state index is 13.1. The molecule has 0 fully saturated rings. The minimum absolute atomic E-state index is 0.248. The normalized spacial score (nSPS) is 17.1. The van der Waals surface area contributed by atoms with Gasteiger partial charge in [0, 0.05) is 12.0 Å². The van der Waals surface area contributed by atoms with Crippen molar-refractivity contribution in [3.63, 3.8) is 0 Å². The Morgan fingerprint density at radius 3 is 2.41 bits per heavy atom. The second kappa shape index (κ2) is 9.60. The molecule has 0 aliphatic carbocycles. The first-order valence-electron chi connectivity index (χ1n) is 10.3. The Hall–Kier alpha value is -3.79. The quantitative estimate of drug-likeness (QED) is 0.561. The number of nitrogens with one attached hydrogen (secondary N) is 1. The summed E-state index contributed by atoms with van der Waals surface area (Å²) in [5.41, 5.74) is 1.41. The number of amides is 1. The molecule has 0 bridgehead atoms. The van der Waals surface area contributed by atoms with Crippen molar-refractivity contribution < 1.29 is 36.6 Å². The highest BCUT2D eigenvalue weighted by atomic mass is 32.2. The number of benzene rings is 3. The number of carbonyl (C=O) groups excluding carboxylic acids is 1. The standard InChI is InChI=1S/C24H22FNO7S/c1-30-18-5-3-4-15(12-18)23-22(14-16-13-19(31-2)8-11-21(16)32-23)33-24(27)26-34(28,29)20-9-6-17(25)7-10-20/h3-13,22-23H,14H2,1-2H3,(H,26,27)/t22-,23+/m1/s1. The first-order chi connectivity index (χ1) is 16.3. The van der Waals surface area contributed by atoms with Gasteiger partial charge in [0.05, 0.1) is 19.1 Å². The van der Waals surface area contributed by atoms with Gasteiger partial charge in [-0.25, -0.2) is 22.3 Å². The van der Waals surface area contributed by atoms with Crippen LogP contribution < -0.4 is 18.9 Å². The van der Waals surface area contributed by atoms with Crippen molar-refractivity contribution in [3.05, 3.63) is 83.7 Å². The van der Waals surface area contributed by atoms with E-state index in [2.05, 4.69) is 0 Å². The van der Waals surface area contributed by atoms with E-state index in [1.807, 2.05) is 4.72 Å². The molecule has 0 radical (unpaired) electrons. The number of methoxy groups -OCH3 is 2. The zero-order chi connectivity index (χ0) is 24.3. The van der Waals surface area contributed by atoms with Crippen molar-refractivity contribution in [2.45, 2.75) is 23.5 Å². The summed E-state index contributed by atoms with van der Waals surface area (Å²) in [5, 5.41) is 0. The smallest absolute Gasteiger partial charge is 0.421 e. The molecule has 0 saturated heterocycles. The molecule has 3 aromatic carbocycles. The third-order valence-electron chi connectivity index (χ3n) is 5.30. The van der Waals surface area contributed by atoms with Crippen LogP contribution in [0.1, 0.15) is 17.2 Å². The summed E-state index contributed by atoms with van der Waals surface area (Å²) in [4.78, 5) is 12.3. The minimum atomic E-state index is -4.26. The number of hydrogen-bond donors (Lipinski definition) is 1. The van der Waals surface area contributed by atoms with E-state index < -0.39 is 34.1 Å². The number of rotatable bonds is 6. The largest absolute Gasteiger partial charge is 0.497 e. The highest BCUT2D eigenvalue weighted by Crippen LogP contribution is 2.39. The fourth-order valence-electron chi connectivity index (χ4n) is 3.64. The third-order valence-corrected chi connectivity index (χ3v) is 6.63. The molecular weight excluding hydrogens is 465 g/mol. The van der Waals surface area contributed by atoms with E-state index in [1.165, 1.54) is 14.2 Å². The summed E-state index contributed by atoms with van der Waals surface area (Å²) in [6.07, 6.45) is -2.53. The molecule has 1 amide bonds. The van der Waals surface area contributed by atoms with E-state index in [0.717, 1.165) is 29.8 Å². The SMILES string of the molecule is COc1cccc([C@@H]2Oc3ccc(OC)cc3C[C@H]2OC(=O)NS(=O)(=O)c2ccc(F)cc2)c1. The van der Waals surface area contributed by atoms with Crippen LogP contribution in [0.3, 0.4) is 0 Å². The van der Waals surface area contributed by atoms with Gasteiger partial charge in [-0.05, 0) is 60.2 Å². The number of carbonyl (C=O) groups is 1. The molecular formula is C24H22FNO7S. The van der Waals surface area contributed by atoms with Gasteiger partial charge in [0.15, 0.2) is 6.10 Å². The van der Waals surface area contributed by atoms with Gasteiger partial charge in [-0.15, -0.1) is 0 Å². The third kappa shape index (κ3) is 5.07. The first-order valence-corrected chi connectivity index (χ1v) is 11.7. The van der Waals surface area contributed by atoms with Gasteiger partial charge in [-0.1, -0.05) is 12.1 Å². The van der Waals surface area contributed by atoms with Crippen molar-refractivity contribution in [2.24, 2.45) is 0 Å². The molecule has 0 aromatic heterocycles. The van der Waals surface area contributed by atoms with E-state index in [9.17, 15) is 17.6 Å². The zero-order valence-electron chi connectivity index (χ0n) is 18.4. The first kappa shape index (κ1) is 23.4. The van der Waals surface area contributed by atoms with Gasteiger partial charge in [0.1, 0.15) is 29.2 Å². The lowest BCUT2D eigenvalue weighted by Gasteiger charge is -2.33. The fraction of sp³-hybridized carbons (Fsp3) is 0.208. The van der Waals surface area contributed by atoms with Crippen LogP contribution in [0.25, 0.3) is 0 Å². The second-order valence-corrected chi connectivity index (χ2v) is 9.18. The summed E-state index contributed by atoms with van der Waals surface area (Å²) < 4.78 is 62.3. The summed E-state index contributed by atoms with van der Waals surface area (Å²) in [7, 11) is -1.20. The van der Waals surface area contributed by atoms with Gasteiger partial charge in [-0.2, -0.15) is 0 Å². The molecule has 0 spiro atoms. The van der Waals surface area contributed by atoms with Crippen molar-refractivity contribution in [1.82, 2.24) is 4.72 Å². The van der Waals surface area contributed by atoms with E-state index in [-0.39, 0.29) is 11.3 Å². The molecule has 8 nitrogen and oxygen atoms in total. The lowest BCUT2D eigenvalue weighted by molar-refractivity contribution is 0.00529. The molecule has 3 aromatic rings. The lowest BCUT2D eigenvalue weighted by atomic mass is 9.94. The molecule has 4 rings (SSSR count). The van der Waals surface area contributed by atoms with Crippen LogP contribution in [0.5, 0.6) is 17.2 Å². The predicted molar refractivity (Wildman–Crippen MR) is 120 cm³/mol. The number of sulfonamides is 1. The van der Waals surface area contributed by atoms with E-state index in [0.29, 0.717) is 22.8 Å². The van der Waals surface area contributed by atoms with Crippen molar-refractivity contribution in [1.29, 1.82) is 0 Å². The molecule has 2 atom stereocenters. The highest BCUT2D eigenvalue weighted by molar-refractivity contribution is 7.90. The van der Waals surface area contributed by atoms with Crippen LogP contribution in [0.2, 0.25) is 0 Å². The van der Waals surface area contributed by atoms with Crippen LogP contribution >= 0.6 is 0 Å². The minimum Gasteiger partial charge on any atom is -0.497 e. The van der Waals surface area contributed by atoms with Crippen molar-refractivity contribution >= 4 is 16.1 Å². The van der Waals surface area contributed by atoms with Crippen LogP contribution in [0.4, 0.5) is 9.18 Å². The molecule has 1 heterocycles. The number of ether oxygens (including phenoxy) is 4. The number of halogens is 1. The molecule has 10 heteroatoms. The Kier molecular flexibility index (Phi) is 6.60. The summed E-state index contributed by atoms with van der Waals surface area (Å²) in [6.45, 7) is 0. The maximum absolute atomic E-state index is 13.1. The molecule has 1 N–H and O–H groups in total. The van der Waals surface area contributed by atoms with Crippen molar-refractivity contribution in [2.75, 3.05) is 14.2 Å². The molecule has 178 valence electrons. The Bertz CT molecular complexity index is 1290. The highest BCUT2D eigenvalue weighted by Gasteiger charge is 2.35. The monoisotopic (exact) mass is 487 g/mol. The van der Waals surface area contributed by atoms with Crippen LogP contribution in [0.15, 0.2) is 71.6 Å². The van der Waals surface area contributed by atoms with Crippen LogP contribution in [-0.4, -0.2) is 34.8 Å². The molecule has 0 saturated carbocycles. The maximum Gasteiger partial charge on any atom is 0.421 e. The fourth-order valence-corrected chi connectivity index (χ4v) is 4.52. The van der Waals surface area contributed by atoms with E-state index >= 15 is 0 Å². The van der Waals surface area contributed by atoms with Crippen molar-refractivity contribution in [3.8, 4) is 17.2 Å². The lowest BCUT2D eigenvalue weighted by Crippen LogP contribution is -2.39. The summed E-state index contributed by atoms with van der Waals surface area (Å²) in [6, 6.07) is 16.4. The van der Waals surface area contributed by atoms with Gasteiger partial charge in [0.25, 0.3) is 10.0 Å². The number of hydrogen-bond acceptors (Lipinski definition) is 7. The molecule has 34 heavy (non-hydrogen) atoms. The Labute approximate surface area is 196 Å². The average Bonchev–Trinajstić information content (AvgIpc) is 2.83. The van der Waals surface area contributed by atoms with Gasteiger partial charge in [0.2, 0.25) is 0 Å². The van der Waals surface area contributed by atoms with E-state index in [4.69, 9.17) is 18.9 Å². The predicted octanol–water partition coefficient (Wildman–Crippen LogP) is 4.00. The average molecular weight is 488 g/mol. The molecule has 1 aliphatic rings. The van der Waals surface area contributed by atoms with Gasteiger partial charge < -0.3 is 18.9 Å². The van der Waals surface area contributed by atoms with Gasteiger partial charge >= 0.3 is 6.09 Å². The molecule has 0 unspecified atom stereocenters. The Balaban J connectivity index is 1.60. The Morgan fingerprint density at radius 1 is 1.00 bits per heavy atom.